The molecule has 0 fully saturated rings. The van der Waals surface area contributed by atoms with Crippen molar-refractivity contribution >= 4 is 57.7 Å². The number of methoxy groups -OCH3 is 2. The average Bonchev–Trinajstić information content (AvgIpc) is 4.15. The number of rotatable bonds is 26. The number of carbonyl (C=O) groups is 2. The Morgan fingerprint density at radius 3 is 1.02 bits per heavy atom. The second kappa shape index (κ2) is 22.9. The van der Waals surface area contributed by atoms with Crippen LogP contribution < -0.4 is 9.80 Å². The van der Waals surface area contributed by atoms with Crippen LogP contribution in [0.4, 0.5) is 34.5 Å². The quantitative estimate of drug-likeness (QED) is 0.0482. The van der Waals surface area contributed by atoms with Crippen molar-refractivity contribution in [3.8, 4) is 0 Å². The summed E-state index contributed by atoms with van der Waals surface area (Å²) >= 11 is 0. The van der Waals surface area contributed by atoms with Crippen molar-refractivity contribution in [2.45, 2.75) is 0 Å². The number of nitrogens with zero attached hydrogens (tertiary/aromatic N) is 4. The molecule has 2 aliphatic heterocycles. The van der Waals surface area contributed by atoms with Crippen LogP contribution in [-0.4, -0.2) is 115 Å². The molecule has 0 unspecified atom stereocenters. The fraction of sp³-hybridized carbons (Fsp3) is 0.269. The summed E-state index contributed by atoms with van der Waals surface area (Å²) in [6.07, 6.45) is 0. The fourth-order valence-electron chi connectivity index (χ4n) is 7.84. The van der Waals surface area contributed by atoms with Gasteiger partial charge in [0.05, 0.1) is 77.2 Å². The van der Waals surface area contributed by atoms with Gasteiger partial charge in [-0.25, -0.2) is 0 Å². The lowest BCUT2D eigenvalue weighted by Crippen LogP contribution is -2.33. The monoisotopic (exact) mass is 894 g/mol. The molecule has 0 radical (unpaired) electrons. The van der Waals surface area contributed by atoms with E-state index in [9.17, 15) is 0 Å². The number of benzene rings is 4. The molecule has 0 aliphatic carbocycles. The third-order valence-electron chi connectivity index (χ3n) is 10.9. The van der Waals surface area contributed by atoms with Crippen LogP contribution in [0.5, 0.6) is 0 Å². The van der Waals surface area contributed by atoms with Gasteiger partial charge >= 0.3 is 0 Å². The maximum absolute atomic E-state index is 15.1. The fourth-order valence-corrected chi connectivity index (χ4v) is 7.84. The van der Waals surface area contributed by atoms with Crippen LogP contribution in [0.25, 0.3) is 11.4 Å². The molecule has 2 aliphatic rings. The Morgan fingerprint density at radius 1 is 0.394 bits per heavy atom. The van der Waals surface area contributed by atoms with Crippen LogP contribution in [0.15, 0.2) is 166 Å². The highest BCUT2D eigenvalue weighted by molar-refractivity contribution is 6.30. The summed E-state index contributed by atoms with van der Waals surface area (Å²) in [6.45, 7) is 3.74. The lowest BCUT2D eigenvalue weighted by molar-refractivity contribution is -0.124. The molecule has 2 amide bonds. The number of anilines is 6. The van der Waals surface area contributed by atoms with Gasteiger partial charge in [-0.1, -0.05) is 72.8 Å². The minimum absolute atomic E-state index is 0.127. The molecule has 0 N–H and O–H groups in total. The van der Waals surface area contributed by atoms with Gasteiger partial charge in [-0.3, -0.25) is 19.4 Å². The summed E-state index contributed by atoms with van der Waals surface area (Å²) in [4.78, 5) is 37.4. The molecular formula is C52H54N4O10. The van der Waals surface area contributed by atoms with Crippen LogP contribution in [0.1, 0.15) is 11.5 Å². The first-order valence-electron chi connectivity index (χ1n) is 22.0. The number of amides is 2. The molecule has 4 aromatic carbocycles. The van der Waals surface area contributed by atoms with E-state index in [-0.39, 0.29) is 49.3 Å². The molecular weight excluding hydrogens is 841 g/mol. The van der Waals surface area contributed by atoms with Gasteiger partial charge in [-0.15, -0.1) is 0 Å². The number of hydrogen-bond donors (Lipinski definition) is 0. The van der Waals surface area contributed by atoms with E-state index in [1.165, 1.54) is 0 Å². The van der Waals surface area contributed by atoms with E-state index in [2.05, 4.69) is 0 Å². The van der Waals surface area contributed by atoms with Gasteiger partial charge in [0.2, 0.25) is 11.8 Å². The average molecular weight is 895 g/mol. The largest absolute Gasteiger partial charge is 0.438 e. The van der Waals surface area contributed by atoms with E-state index in [4.69, 9.17) is 37.3 Å². The first-order valence-corrected chi connectivity index (χ1v) is 22.0. The zero-order chi connectivity index (χ0) is 45.5. The molecule has 4 heterocycles. The number of carbonyl (C=O) groups excluding carboxylic acids is 2. The summed E-state index contributed by atoms with van der Waals surface area (Å²) in [5.74, 6) is 0.875. The van der Waals surface area contributed by atoms with Crippen LogP contribution in [0.2, 0.25) is 0 Å². The van der Waals surface area contributed by atoms with Gasteiger partial charge < -0.3 is 47.1 Å². The van der Waals surface area contributed by atoms with Crippen molar-refractivity contribution in [2.75, 3.05) is 103 Å². The summed E-state index contributed by atoms with van der Waals surface area (Å²) in [6, 6.07) is 46.7. The second-order valence-corrected chi connectivity index (χ2v) is 15.1. The minimum Gasteiger partial charge on any atom is -0.438 e. The molecule has 14 nitrogen and oxygen atoms in total. The smallest absolute Gasteiger partial charge is 0.261 e. The number of ether oxygens (including phenoxy) is 6. The van der Waals surface area contributed by atoms with E-state index >= 15 is 9.59 Å². The first kappa shape index (κ1) is 45.8. The van der Waals surface area contributed by atoms with Crippen LogP contribution in [0.3, 0.4) is 0 Å². The first-order chi connectivity index (χ1) is 32.6. The molecule has 342 valence electrons. The standard InChI is InChI=1S/C52H54N4O10/c1-59-31-33-63-37-35-61-29-27-53-49(43-23-25-45(65-43)55(39-15-7-3-8-16-39)40-17-9-4-10-18-40)47-48(51(53)57)50(54(52(47)58)28-30-62-36-38-64-34-32-60-2)44-24-26-46(66-44)56(41-19-11-5-12-20-41)42-21-13-6-14-22-42/h3-26H,27-38H2,1-2H3. The Kier molecular flexibility index (Phi) is 15.9. The molecule has 2 aromatic heterocycles. The molecule has 8 rings (SSSR count). The summed E-state index contributed by atoms with van der Waals surface area (Å²) in [5.41, 5.74) is 4.54. The second-order valence-electron chi connectivity index (χ2n) is 15.1. The van der Waals surface area contributed by atoms with Gasteiger partial charge in [0, 0.05) is 62.2 Å². The molecule has 0 atom stereocenters. The number of furan rings is 2. The predicted molar refractivity (Wildman–Crippen MR) is 251 cm³/mol. The van der Waals surface area contributed by atoms with Crippen molar-refractivity contribution < 1.29 is 46.8 Å². The summed E-state index contributed by atoms with van der Waals surface area (Å²) in [7, 11) is 3.24. The third kappa shape index (κ3) is 10.5. The summed E-state index contributed by atoms with van der Waals surface area (Å²) < 4.78 is 46.8. The third-order valence-corrected chi connectivity index (χ3v) is 10.9. The lowest BCUT2D eigenvalue weighted by Gasteiger charge is -2.25. The van der Waals surface area contributed by atoms with Gasteiger partial charge in [0.1, 0.15) is 11.4 Å². The van der Waals surface area contributed by atoms with E-state index in [0.717, 1.165) is 22.7 Å². The molecule has 0 saturated heterocycles. The Morgan fingerprint density at radius 2 is 0.697 bits per heavy atom. The molecule has 66 heavy (non-hydrogen) atoms. The van der Waals surface area contributed by atoms with Crippen molar-refractivity contribution in [1.29, 1.82) is 0 Å². The van der Waals surface area contributed by atoms with Crippen LogP contribution in [-0.2, 0) is 38.0 Å². The zero-order valence-corrected chi connectivity index (χ0v) is 37.2. The highest BCUT2D eigenvalue weighted by Crippen LogP contribution is 2.49. The topological polar surface area (TPSA) is 129 Å². The highest BCUT2D eigenvalue weighted by Gasteiger charge is 2.50. The molecule has 0 saturated carbocycles. The number of fused-ring (bicyclic) bond motifs is 1. The van der Waals surface area contributed by atoms with Crippen LogP contribution >= 0.6 is 0 Å². The van der Waals surface area contributed by atoms with Crippen molar-refractivity contribution in [3.05, 3.63) is 168 Å². The molecule has 0 spiro atoms. The van der Waals surface area contributed by atoms with E-state index in [0.29, 0.717) is 87.5 Å². The molecule has 6 aromatic rings. The highest BCUT2D eigenvalue weighted by atomic mass is 16.5. The van der Waals surface area contributed by atoms with E-state index < -0.39 is 0 Å². The Balaban J connectivity index is 1.20. The Bertz CT molecular complexity index is 2290. The lowest BCUT2D eigenvalue weighted by atomic mass is 10.1. The van der Waals surface area contributed by atoms with Crippen molar-refractivity contribution in [1.82, 2.24) is 9.80 Å². The summed E-state index contributed by atoms with van der Waals surface area (Å²) in [5, 5.41) is 0. The van der Waals surface area contributed by atoms with Crippen molar-refractivity contribution in [3.63, 3.8) is 0 Å². The Hall–Kier alpha value is -6.78. The van der Waals surface area contributed by atoms with Gasteiger partial charge in [0.25, 0.3) is 11.8 Å². The normalized spacial score (nSPS) is 13.7. The van der Waals surface area contributed by atoms with Gasteiger partial charge in [0.15, 0.2) is 11.5 Å². The maximum Gasteiger partial charge on any atom is 0.261 e. The number of para-hydroxylation sites is 4. The van der Waals surface area contributed by atoms with E-state index in [1.54, 1.807) is 36.2 Å². The zero-order valence-electron chi connectivity index (χ0n) is 37.2. The minimum atomic E-state index is -0.389. The van der Waals surface area contributed by atoms with E-state index in [1.807, 2.05) is 143 Å². The molecule has 14 heteroatoms. The molecule has 0 bridgehead atoms. The Labute approximate surface area is 384 Å². The van der Waals surface area contributed by atoms with Crippen molar-refractivity contribution in [2.24, 2.45) is 0 Å². The number of hydrogen-bond acceptors (Lipinski definition) is 12. The SMILES string of the molecule is COCCOCCOCCN1C(=O)C2=C(c3ccc(N(c4ccccc4)c4ccccc4)o3)N(CCOCCOCCOC)C(=O)C2=C1c1ccc(N(c2ccccc2)c2ccccc2)o1. The van der Waals surface area contributed by atoms with Gasteiger partial charge in [-0.2, -0.15) is 0 Å². The van der Waals surface area contributed by atoms with Crippen LogP contribution in [0, 0.1) is 0 Å². The maximum atomic E-state index is 15.1. The predicted octanol–water partition coefficient (Wildman–Crippen LogP) is 8.98. The van der Waals surface area contributed by atoms with Gasteiger partial charge in [-0.05, 0) is 60.7 Å².